The third-order valence-corrected chi connectivity index (χ3v) is 6.79. The molecule has 0 N–H and O–H groups in total. The van der Waals surface area contributed by atoms with Crippen molar-refractivity contribution in [2.24, 2.45) is 0 Å². The smallest absolute Gasteiger partial charge is 0.410 e. The van der Waals surface area contributed by atoms with E-state index < -0.39 is 5.60 Å². The average molecular weight is 476 g/mol. The minimum absolute atomic E-state index is 0.211. The number of amides is 1. The van der Waals surface area contributed by atoms with Crippen LogP contribution >= 0.6 is 11.3 Å². The van der Waals surface area contributed by atoms with Crippen LogP contribution in [0.25, 0.3) is 32.7 Å². The molecule has 4 heterocycles. The number of benzene rings is 1. The molecule has 1 aliphatic rings. The molecule has 1 aliphatic heterocycles. The van der Waals surface area contributed by atoms with E-state index in [1.165, 1.54) is 0 Å². The molecule has 0 saturated carbocycles. The maximum absolute atomic E-state index is 12.5. The maximum Gasteiger partial charge on any atom is 0.410 e. The maximum atomic E-state index is 12.5. The van der Waals surface area contributed by atoms with Crippen LogP contribution < -0.4 is 0 Å². The molecular formula is C26H29N5O2S. The second-order valence-electron chi connectivity index (χ2n) is 9.77. The number of thiazole rings is 1. The first kappa shape index (κ1) is 22.5. The van der Waals surface area contributed by atoms with Crippen LogP contribution in [-0.2, 0) is 4.74 Å². The predicted molar refractivity (Wildman–Crippen MR) is 135 cm³/mol. The SMILES string of the molecule is Cc1cccc(-c2nn(C3CCN(C(=O)OC(C)(C)C)CC3)cc2-c2ccc3ncsc3c2)n1. The fraction of sp³-hybridized carbons (Fsp3) is 0.385. The fourth-order valence-electron chi connectivity index (χ4n) is 4.32. The molecule has 0 spiro atoms. The van der Waals surface area contributed by atoms with Crippen LogP contribution in [0.2, 0.25) is 0 Å². The molecule has 1 aromatic carbocycles. The van der Waals surface area contributed by atoms with Gasteiger partial charge >= 0.3 is 6.09 Å². The number of likely N-dealkylation sites (tertiary alicyclic amines) is 1. The second-order valence-corrected chi connectivity index (χ2v) is 10.7. The van der Waals surface area contributed by atoms with Crippen LogP contribution in [0.3, 0.4) is 0 Å². The molecule has 1 amide bonds. The Morgan fingerprint density at radius 1 is 1.15 bits per heavy atom. The van der Waals surface area contributed by atoms with Crippen LogP contribution in [0.15, 0.2) is 48.1 Å². The van der Waals surface area contributed by atoms with Gasteiger partial charge in [-0.15, -0.1) is 11.3 Å². The van der Waals surface area contributed by atoms with E-state index in [0.29, 0.717) is 13.1 Å². The first-order valence-electron chi connectivity index (χ1n) is 11.6. The number of carbonyl (C=O) groups is 1. The van der Waals surface area contributed by atoms with Crippen molar-refractivity contribution < 1.29 is 9.53 Å². The minimum Gasteiger partial charge on any atom is -0.444 e. The summed E-state index contributed by atoms with van der Waals surface area (Å²) in [6.07, 6.45) is 3.55. The number of nitrogens with zero attached hydrogens (tertiary/aromatic N) is 5. The van der Waals surface area contributed by atoms with Crippen LogP contribution in [0.1, 0.15) is 45.3 Å². The van der Waals surface area contributed by atoms with Crippen LogP contribution in [-0.4, -0.2) is 49.4 Å². The fourth-order valence-corrected chi connectivity index (χ4v) is 5.03. The lowest BCUT2D eigenvalue weighted by molar-refractivity contribution is 0.0185. The largest absolute Gasteiger partial charge is 0.444 e. The summed E-state index contributed by atoms with van der Waals surface area (Å²) in [6.45, 7) is 8.99. The molecular weight excluding hydrogens is 446 g/mol. The van der Waals surface area contributed by atoms with Gasteiger partial charge in [0.1, 0.15) is 11.3 Å². The molecule has 1 fully saturated rings. The molecule has 5 rings (SSSR count). The van der Waals surface area contributed by atoms with Gasteiger partial charge < -0.3 is 9.64 Å². The van der Waals surface area contributed by atoms with Crippen molar-refractivity contribution in [1.82, 2.24) is 24.6 Å². The number of rotatable bonds is 3. The summed E-state index contributed by atoms with van der Waals surface area (Å²) in [5, 5.41) is 5.03. The summed E-state index contributed by atoms with van der Waals surface area (Å²) in [6, 6.07) is 12.6. The lowest BCUT2D eigenvalue weighted by atomic mass is 10.0. The molecule has 0 radical (unpaired) electrons. The lowest BCUT2D eigenvalue weighted by Gasteiger charge is -2.33. The quantitative estimate of drug-likeness (QED) is 0.358. The van der Waals surface area contributed by atoms with Crippen LogP contribution in [0.5, 0.6) is 0 Å². The van der Waals surface area contributed by atoms with Crippen molar-refractivity contribution in [3.8, 4) is 22.5 Å². The Bertz CT molecular complexity index is 1330. The number of fused-ring (bicyclic) bond motifs is 1. The second kappa shape index (κ2) is 8.83. The van der Waals surface area contributed by atoms with E-state index in [1.54, 1.807) is 16.2 Å². The first-order chi connectivity index (χ1) is 16.3. The normalized spacial score (nSPS) is 15.1. The number of hydrogen-bond donors (Lipinski definition) is 0. The molecule has 0 aliphatic carbocycles. The molecule has 176 valence electrons. The van der Waals surface area contributed by atoms with E-state index >= 15 is 0 Å². The molecule has 34 heavy (non-hydrogen) atoms. The number of aromatic nitrogens is 4. The van der Waals surface area contributed by atoms with E-state index in [1.807, 2.05) is 51.4 Å². The van der Waals surface area contributed by atoms with Crippen molar-refractivity contribution in [3.63, 3.8) is 0 Å². The highest BCUT2D eigenvalue weighted by Gasteiger charge is 2.29. The van der Waals surface area contributed by atoms with Gasteiger partial charge in [-0.25, -0.2) is 9.78 Å². The first-order valence-corrected chi connectivity index (χ1v) is 12.5. The Labute approximate surface area is 203 Å². The summed E-state index contributed by atoms with van der Waals surface area (Å²) in [5.74, 6) is 0. The summed E-state index contributed by atoms with van der Waals surface area (Å²) < 4.78 is 8.77. The van der Waals surface area contributed by atoms with Crippen molar-refractivity contribution in [1.29, 1.82) is 0 Å². The van der Waals surface area contributed by atoms with Gasteiger partial charge in [-0.1, -0.05) is 12.1 Å². The van der Waals surface area contributed by atoms with Crippen LogP contribution in [0.4, 0.5) is 4.79 Å². The van der Waals surface area contributed by atoms with Crippen molar-refractivity contribution in [3.05, 3.63) is 53.8 Å². The number of hydrogen-bond acceptors (Lipinski definition) is 6. The highest BCUT2D eigenvalue weighted by molar-refractivity contribution is 7.16. The van der Waals surface area contributed by atoms with Gasteiger partial charge in [0.15, 0.2) is 0 Å². The van der Waals surface area contributed by atoms with Gasteiger partial charge in [0.2, 0.25) is 0 Å². The number of piperidine rings is 1. The van der Waals surface area contributed by atoms with Gasteiger partial charge in [-0.05, 0) is 70.4 Å². The minimum atomic E-state index is -0.486. The third kappa shape index (κ3) is 4.68. The molecule has 7 nitrogen and oxygen atoms in total. The van der Waals surface area contributed by atoms with Gasteiger partial charge in [-0.3, -0.25) is 9.67 Å². The molecule has 3 aromatic heterocycles. The van der Waals surface area contributed by atoms with Gasteiger partial charge in [-0.2, -0.15) is 5.10 Å². The number of ether oxygens (including phenoxy) is 1. The zero-order chi connectivity index (χ0) is 23.9. The van der Waals surface area contributed by atoms with E-state index in [2.05, 4.69) is 34.1 Å². The average Bonchev–Trinajstić information content (AvgIpc) is 3.45. The van der Waals surface area contributed by atoms with Gasteiger partial charge in [0, 0.05) is 30.5 Å². The molecule has 0 unspecified atom stereocenters. The summed E-state index contributed by atoms with van der Waals surface area (Å²) in [4.78, 5) is 23.4. The summed E-state index contributed by atoms with van der Waals surface area (Å²) >= 11 is 1.64. The molecule has 4 aromatic rings. The van der Waals surface area contributed by atoms with Crippen molar-refractivity contribution >= 4 is 27.6 Å². The van der Waals surface area contributed by atoms with Crippen molar-refractivity contribution in [2.45, 2.75) is 52.2 Å². The van der Waals surface area contributed by atoms with Gasteiger partial charge in [0.25, 0.3) is 0 Å². The zero-order valence-electron chi connectivity index (χ0n) is 20.0. The Balaban J connectivity index is 1.45. The Kier molecular flexibility index (Phi) is 5.85. The number of carbonyl (C=O) groups excluding carboxylic acids is 1. The van der Waals surface area contributed by atoms with E-state index in [9.17, 15) is 4.79 Å². The summed E-state index contributed by atoms with van der Waals surface area (Å²) in [7, 11) is 0. The monoisotopic (exact) mass is 475 g/mol. The predicted octanol–water partition coefficient (Wildman–Crippen LogP) is 6.10. The van der Waals surface area contributed by atoms with E-state index in [-0.39, 0.29) is 12.1 Å². The number of pyridine rings is 1. The van der Waals surface area contributed by atoms with E-state index in [4.69, 9.17) is 14.8 Å². The highest BCUT2D eigenvalue weighted by atomic mass is 32.1. The Morgan fingerprint density at radius 2 is 1.94 bits per heavy atom. The van der Waals surface area contributed by atoms with Gasteiger partial charge in [0.05, 0.1) is 27.5 Å². The standard InChI is InChI=1S/C26H29N5O2S/c1-17-6-5-7-22(28-17)24-20(18-8-9-21-23(14-18)34-16-27-21)15-31(29-24)19-10-12-30(13-11-19)25(32)33-26(2,3)4/h5-9,14-16,19H,10-13H2,1-4H3. The van der Waals surface area contributed by atoms with Crippen molar-refractivity contribution in [2.75, 3.05) is 13.1 Å². The van der Waals surface area contributed by atoms with E-state index in [0.717, 1.165) is 51.3 Å². The highest BCUT2D eigenvalue weighted by Crippen LogP contribution is 2.35. The topological polar surface area (TPSA) is 73.1 Å². The molecule has 8 heteroatoms. The number of aryl methyl sites for hydroxylation is 1. The third-order valence-electron chi connectivity index (χ3n) is 6.00. The zero-order valence-corrected chi connectivity index (χ0v) is 20.8. The molecule has 0 atom stereocenters. The summed E-state index contributed by atoms with van der Waals surface area (Å²) in [5.41, 5.74) is 7.26. The lowest BCUT2D eigenvalue weighted by Crippen LogP contribution is -2.42. The Hall–Kier alpha value is -3.26. The molecule has 0 bridgehead atoms. The molecule has 1 saturated heterocycles. The van der Waals surface area contributed by atoms with Crippen LogP contribution in [0, 0.1) is 6.92 Å². The Morgan fingerprint density at radius 3 is 2.68 bits per heavy atom.